The maximum absolute atomic E-state index is 11.4. The zero-order chi connectivity index (χ0) is 10.7. The Hall–Kier alpha value is -1.82. The topological polar surface area (TPSA) is 67.2 Å². The quantitative estimate of drug-likeness (QED) is 0.822. The number of urea groups is 1. The van der Waals surface area contributed by atoms with Gasteiger partial charge in [-0.25, -0.2) is 4.79 Å². The summed E-state index contributed by atoms with van der Waals surface area (Å²) >= 11 is 1.45. The first-order chi connectivity index (χ1) is 7.24. The Morgan fingerprint density at radius 1 is 1.53 bits per heavy atom. The number of carbonyl (C=O) groups is 1. The summed E-state index contributed by atoms with van der Waals surface area (Å²) in [5.74, 6) is 0.335. The lowest BCUT2D eigenvalue weighted by Gasteiger charge is -2.00. The van der Waals surface area contributed by atoms with Crippen LogP contribution in [-0.2, 0) is 0 Å². The van der Waals surface area contributed by atoms with E-state index in [0.29, 0.717) is 5.88 Å². The largest absolute Gasteiger partial charge is 0.338 e. The molecule has 2 rings (SSSR count). The molecule has 78 valence electrons. The van der Waals surface area contributed by atoms with E-state index in [1.165, 1.54) is 11.3 Å². The molecule has 0 saturated carbocycles. The van der Waals surface area contributed by atoms with Gasteiger partial charge in [0.2, 0.25) is 5.88 Å². The van der Waals surface area contributed by atoms with Crippen LogP contribution in [0.1, 0.15) is 5.69 Å². The van der Waals surface area contributed by atoms with Crippen molar-refractivity contribution in [1.82, 2.24) is 5.16 Å². The maximum Gasteiger partial charge on any atom is 0.326 e. The maximum atomic E-state index is 11.4. The molecule has 0 aliphatic rings. The van der Waals surface area contributed by atoms with Crippen LogP contribution in [0, 0.1) is 6.92 Å². The summed E-state index contributed by atoms with van der Waals surface area (Å²) in [6.07, 6.45) is 0. The molecule has 0 aliphatic carbocycles. The Morgan fingerprint density at radius 3 is 3.00 bits per heavy atom. The van der Waals surface area contributed by atoms with Crippen molar-refractivity contribution in [3.05, 3.63) is 29.3 Å². The highest BCUT2D eigenvalue weighted by Crippen LogP contribution is 2.15. The molecule has 0 spiro atoms. The monoisotopic (exact) mass is 223 g/mol. The van der Waals surface area contributed by atoms with E-state index in [0.717, 1.165) is 10.7 Å². The summed E-state index contributed by atoms with van der Waals surface area (Å²) in [4.78, 5) is 11.4. The average Bonchev–Trinajstić information content (AvgIpc) is 2.77. The predicted molar refractivity (Wildman–Crippen MR) is 58.2 cm³/mol. The van der Waals surface area contributed by atoms with Gasteiger partial charge in [0, 0.05) is 6.07 Å². The minimum Gasteiger partial charge on any atom is -0.338 e. The van der Waals surface area contributed by atoms with E-state index in [1.807, 2.05) is 17.5 Å². The van der Waals surface area contributed by atoms with Crippen molar-refractivity contribution in [1.29, 1.82) is 0 Å². The second kappa shape index (κ2) is 4.14. The summed E-state index contributed by atoms with van der Waals surface area (Å²) in [5.41, 5.74) is 0.724. The molecule has 2 aromatic heterocycles. The van der Waals surface area contributed by atoms with Gasteiger partial charge in [0.1, 0.15) is 0 Å². The van der Waals surface area contributed by atoms with Crippen molar-refractivity contribution in [2.75, 3.05) is 10.6 Å². The number of aromatic nitrogens is 1. The molecule has 2 heterocycles. The second-order valence-electron chi connectivity index (χ2n) is 2.89. The van der Waals surface area contributed by atoms with Crippen molar-refractivity contribution in [2.24, 2.45) is 0 Å². The molecule has 0 unspecified atom stereocenters. The van der Waals surface area contributed by atoms with Crippen LogP contribution < -0.4 is 10.6 Å². The molecule has 15 heavy (non-hydrogen) atoms. The summed E-state index contributed by atoms with van der Waals surface area (Å²) in [7, 11) is 0. The van der Waals surface area contributed by atoms with E-state index >= 15 is 0 Å². The van der Waals surface area contributed by atoms with E-state index in [9.17, 15) is 4.79 Å². The molecule has 0 bridgehead atoms. The third-order valence-corrected chi connectivity index (χ3v) is 2.41. The van der Waals surface area contributed by atoms with Gasteiger partial charge in [-0.2, -0.15) is 0 Å². The van der Waals surface area contributed by atoms with Gasteiger partial charge in [-0.05, 0) is 24.4 Å². The lowest BCUT2D eigenvalue weighted by atomic mass is 10.5. The minimum absolute atomic E-state index is 0.335. The molecular formula is C9H9N3O2S. The number of thiophene rings is 1. The number of nitrogens with zero attached hydrogens (tertiary/aromatic N) is 1. The van der Waals surface area contributed by atoms with E-state index < -0.39 is 0 Å². The van der Waals surface area contributed by atoms with E-state index in [4.69, 9.17) is 4.52 Å². The van der Waals surface area contributed by atoms with Gasteiger partial charge in [0.25, 0.3) is 0 Å². The number of hydrogen-bond acceptors (Lipinski definition) is 4. The van der Waals surface area contributed by atoms with Gasteiger partial charge in [0.05, 0.1) is 10.7 Å². The van der Waals surface area contributed by atoms with Crippen molar-refractivity contribution >= 4 is 28.3 Å². The Kier molecular flexibility index (Phi) is 2.68. The van der Waals surface area contributed by atoms with Gasteiger partial charge >= 0.3 is 6.03 Å². The molecule has 0 atom stereocenters. The van der Waals surface area contributed by atoms with Gasteiger partial charge in [-0.15, -0.1) is 11.3 Å². The molecular weight excluding hydrogens is 214 g/mol. The molecule has 0 aromatic carbocycles. The summed E-state index contributed by atoms with van der Waals surface area (Å²) < 4.78 is 4.84. The third kappa shape index (κ3) is 2.57. The summed E-state index contributed by atoms with van der Waals surface area (Å²) in [6.45, 7) is 1.78. The van der Waals surface area contributed by atoms with E-state index in [2.05, 4.69) is 15.8 Å². The molecule has 5 nitrogen and oxygen atoms in total. The fourth-order valence-corrected chi connectivity index (χ4v) is 1.64. The number of hydrogen-bond donors (Lipinski definition) is 2. The second-order valence-corrected chi connectivity index (χ2v) is 3.84. The smallest absolute Gasteiger partial charge is 0.326 e. The SMILES string of the molecule is Cc1cc(NC(=O)Nc2cccs2)on1. The summed E-state index contributed by atoms with van der Waals surface area (Å²) in [6, 6.07) is 4.98. The Labute approximate surface area is 90.1 Å². The standard InChI is InChI=1S/C9H9N3O2S/c1-6-5-7(14-12-6)10-9(13)11-8-3-2-4-15-8/h2-5H,1H3,(H2,10,11,13). The van der Waals surface area contributed by atoms with Crippen molar-refractivity contribution in [3.8, 4) is 0 Å². The molecule has 2 amide bonds. The highest BCUT2D eigenvalue weighted by molar-refractivity contribution is 7.14. The van der Waals surface area contributed by atoms with Crippen molar-refractivity contribution in [3.63, 3.8) is 0 Å². The number of rotatable bonds is 2. The molecule has 0 radical (unpaired) electrons. The zero-order valence-corrected chi connectivity index (χ0v) is 8.80. The lowest BCUT2D eigenvalue weighted by molar-refractivity contribution is 0.261. The average molecular weight is 223 g/mol. The fraction of sp³-hybridized carbons (Fsp3) is 0.111. The number of carbonyl (C=O) groups excluding carboxylic acids is 1. The highest BCUT2D eigenvalue weighted by atomic mass is 32.1. The predicted octanol–water partition coefficient (Wildman–Crippen LogP) is 2.69. The lowest BCUT2D eigenvalue weighted by Crippen LogP contribution is -2.18. The number of nitrogens with one attached hydrogen (secondary N) is 2. The molecule has 2 N–H and O–H groups in total. The highest BCUT2D eigenvalue weighted by Gasteiger charge is 2.06. The van der Waals surface area contributed by atoms with Crippen LogP contribution in [0.4, 0.5) is 15.7 Å². The Balaban J connectivity index is 1.93. The first kappa shape index (κ1) is 9.72. The molecule has 0 fully saturated rings. The fourth-order valence-electron chi connectivity index (χ4n) is 1.03. The third-order valence-electron chi connectivity index (χ3n) is 1.62. The van der Waals surface area contributed by atoms with Crippen LogP contribution in [0.15, 0.2) is 28.1 Å². The van der Waals surface area contributed by atoms with Crippen LogP contribution in [0.25, 0.3) is 0 Å². The normalized spacial score (nSPS) is 9.93. The Morgan fingerprint density at radius 2 is 2.40 bits per heavy atom. The number of aryl methyl sites for hydroxylation is 1. The van der Waals surface area contributed by atoms with Crippen LogP contribution in [0.3, 0.4) is 0 Å². The zero-order valence-electron chi connectivity index (χ0n) is 7.98. The minimum atomic E-state index is -0.339. The molecule has 0 saturated heterocycles. The van der Waals surface area contributed by atoms with Crippen molar-refractivity contribution in [2.45, 2.75) is 6.92 Å². The Bertz CT molecular complexity index is 450. The number of amides is 2. The van der Waals surface area contributed by atoms with E-state index in [-0.39, 0.29) is 6.03 Å². The first-order valence-electron chi connectivity index (χ1n) is 4.29. The van der Waals surface area contributed by atoms with Gasteiger partial charge in [-0.3, -0.25) is 10.6 Å². The van der Waals surface area contributed by atoms with E-state index in [1.54, 1.807) is 13.0 Å². The van der Waals surface area contributed by atoms with Crippen LogP contribution in [0.2, 0.25) is 0 Å². The van der Waals surface area contributed by atoms with Gasteiger partial charge in [-0.1, -0.05) is 5.16 Å². The van der Waals surface area contributed by atoms with Crippen molar-refractivity contribution < 1.29 is 9.32 Å². The van der Waals surface area contributed by atoms with Crippen LogP contribution in [-0.4, -0.2) is 11.2 Å². The first-order valence-corrected chi connectivity index (χ1v) is 5.17. The van der Waals surface area contributed by atoms with Crippen LogP contribution >= 0.6 is 11.3 Å². The van der Waals surface area contributed by atoms with Crippen LogP contribution in [0.5, 0.6) is 0 Å². The summed E-state index contributed by atoms with van der Waals surface area (Å²) in [5, 5.41) is 11.5. The molecule has 6 heteroatoms. The molecule has 0 aliphatic heterocycles. The van der Waals surface area contributed by atoms with Gasteiger partial charge < -0.3 is 4.52 Å². The number of anilines is 2. The molecule has 2 aromatic rings. The van der Waals surface area contributed by atoms with Gasteiger partial charge in [0.15, 0.2) is 0 Å².